The van der Waals surface area contributed by atoms with Crippen LogP contribution in [0.15, 0.2) is 0 Å². The van der Waals surface area contributed by atoms with Gasteiger partial charge in [-0.1, -0.05) is 0 Å². The summed E-state index contributed by atoms with van der Waals surface area (Å²) < 4.78 is 0. The van der Waals surface area contributed by atoms with Gasteiger partial charge in [-0.25, -0.2) is 0 Å². The maximum atomic E-state index is 12.5. The third kappa shape index (κ3) is 3.75. The number of aryl methyl sites for hydroxylation is 2. The Balaban J connectivity index is 1.51. The molecule has 0 radical (unpaired) electrons. The third-order valence-corrected chi connectivity index (χ3v) is 5.27. The molecular weight excluding hydrogens is 292 g/mol. The number of carbonyl (C=O) groups is 1. The average molecular weight is 320 g/mol. The van der Waals surface area contributed by atoms with E-state index in [1.165, 1.54) is 12.8 Å². The van der Waals surface area contributed by atoms with Gasteiger partial charge in [0.15, 0.2) is 0 Å². The van der Waals surface area contributed by atoms with Crippen LogP contribution in [0.2, 0.25) is 0 Å². The summed E-state index contributed by atoms with van der Waals surface area (Å²) in [5.74, 6) is 0.141. The van der Waals surface area contributed by atoms with Gasteiger partial charge in [0.2, 0.25) is 5.91 Å². The summed E-state index contributed by atoms with van der Waals surface area (Å²) in [6, 6.07) is 0. The number of H-pyrrole nitrogens is 1. The largest absolute Gasteiger partial charge is 0.387 e. The highest BCUT2D eigenvalue weighted by atomic mass is 16.3. The summed E-state index contributed by atoms with van der Waals surface area (Å²) in [7, 11) is 0. The highest BCUT2D eigenvalue weighted by Crippen LogP contribution is 2.25. The second-order valence-corrected chi connectivity index (χ2v) is 7.19. The van der Waals surface area contributed by atoms with E-state index < -0.39 is 5.60 Å². The lowest BCUT2D eigenvalue weighted by Crippen LogP contribution is -2.45. The Morgan fingerprint density at radius 2 is 2.04 bits per heavy atom. The predicted octanol–water partition coefficient (Wildman–Crippen LogP) is 1.02. The number of hydrogen-bond acceptors (Lipinski definition) is 4. The van der Waals surface area contributed by atoms with Crippen LogP contribution in [0.4, 0.5) is 0 Å². The highest BCUT2D eigenvalue weighted by Gasteiger charge is 2.39. The van der Waals surface area contributed by atoms with Crippen LogP contribution in [0.5, 0.6) is 0 Å². The van der Waals surface area contributed by atoms with Crippen LogP contribution in [0, 0.1) is 13.8 Å². The number of aromatic nitrogens is 2. The lowest BCUT2D eigenvalue weighted by molar-refractivity contribution is -0.131. The van der Waals surface area contributed by atoms with Crippen molar-refractivity contribution in [3.63, 3.8) is 0 Å². The SMILES string of the molecule is Cc1n[nH]c(C)c1CCC(=O)N1CC[C@@](O)(CN2CCCC2)C1. The monoisotopic (exact) mass is 320 g/mol. The molecule has 1 amide bonds. The molecule has 1 aromatic heterocycles. The number of carbonyl (C=O) groups excluding carboxylic acids is 1. The molecule has 0 unspecified atom stereocenters. The van der Waals surface area contributed by atoms with Gasteiger partial charge >= 0.3 is 0 Å². The molecule has 23 heavy (non-hydrogen) atoms. The molecule has 6 nitrogen and oxygen atoms in total. The summed E-state index contributed by atoms with van der Waals surface area (Å²) in [5.41, 5.74) is 2.44. The molecule has 0 bridgehead atoms. The summed E-state index contributed by atoms with van der Waals surface area (Å²) >= 11 is 0. The van der Waals surface area contributed by atoms with Gasteiger partial charge in [-0.3, -0.25) is 9.89 Å². The van der Waals surface area contributed by atoms with Crippen molar-refractivity contribution in [3.05, 3.63) is 17.0 Å². The van der Waals surface area contributed by atoms with Gasteiger partial charge in [0.05, 0.1) is 17.8 Å². The number of rotatable bonds is 5. The minimum absolute atomic E-state index is 0.141. The first-order valence-corrected chi connectivity index (χ1v) is 8.70. The predicted molar refractivity (Wildman–Crippen MR) is 88.2 cm³/mol. The zero-order valence-electron chi connectivity index (χ0n) is 14.3. The van der Waals surface area contributed by atoms with E-state index in [-0.39, 0.29) is 5.91 Å². The van der Waals surface area contributed by atoms with Gasteiger partial charge in [-0.2, -0.15) is 5.10 Å². The Morgan fingerprint density at radius 3 is 2.70 bits per heavy atom. The van der Waals surface area contributed by atoms with Crippen molar-refractivity contribution >= 4 is 5.91 Å². The number of nitrogens with zero attached hydrogens (tertiary/aromatic N) is 3. The molecule has 2 fully saturated rings. The van der Waals surface area contributed by atoms with Crippen molar-refractivity contribution in [3.8, 4) is 0 Å². The Labute approximate surface area is 137 Å². The molecule has 0 aliphatic carbocycles. The Kier molecular flexibility index (Phi) is 4.73. The normalized spacial score (nSPS) is 25.4. The van der Waals surface area contributed by atoms with Crippen molar-refractivity contribution < 1.29 is 9.90 Å². The molecule has 6 heteroatoms. The Hall–Kier alpha value is -1.40. The zero-order chi connectivity index (χ0) is 16.4. The highest BCUT2D eigenvalue weighted by molar-refractivity contribution is 5.77. The van der Waals surface area contributed by atoms with Crippen molar-refractivity contribution in [2.24, 2.45) is 0 Å². The van der Waals surface area contributed by atoms with E-state index in [1.54, 1.807) is 0 Å². The van der Waals surface area contributed by atoms with Crippen LogP contribution >= 0.6 is 0 Å². The lowest BCUT2D eigenvalue weighted by Gasteiger charge is -2.28. The molecule has 2 saturated heterocycles. The second kappa shape index (κ2) is 6.61. The van der Waals surface area contributed by atoms with Gasteiger partial charge in [0, 0.05) is 25.2 Å². The van der Waals surface area contributed by atoms with Gasteiger partial charge < -0.3 is 14.9 Å². The summed E-state index contributed by atoms with van der Waals surface area (Å²) in [6.07, 6.45) is 4.35. The summed E-state index contributed by atoms with van der Waals surface area (Å²) in [6.45, 7) is 7.97. The minimum atomic E-state index is -0.721. The molecular formula is C17H28N4O2. The van der Waals surface area contributed by atoms with Crippen molar-refractivity contribution in [2.75, 3.05) is 32.7 Å². The van der Waals surface area contributed by atoms with Gasteiger partial charge in [0.25, 0.3) is 0 Å². The number of nitrogens with one attached hydrogen (secondary N) is 1. The number of likely N-dealkylation sites (tertiary alicyclic amines) is 2. The van der Waals surface area contributed by atoms with E-state index in [9.17, 15) is 9.90 Å². The zero-order valence-corrected chi connectivity index (χ0v) is 14.3. The molecule has 2 N–H and O–H groups in total. The number of β-amino-alcohol motifs (C(OH)–C–C–N with tert-alkyl or cyclic N) is 1. The average Bonchev–Trinajstić information content (AvgIpc) is 3.21. The summed E-state index contributed by atoms with van der Waals surface area (Å²) in [4.78, 5) is 16.6. The van der Waals surface area contributed by atoms with Crippen LogP contribution in [0.25, 0.3) is 0 Å². The van der Waals surface area contributed by atoms with Crippen LogP contribution in [-0.2, 0) is 11.2 Å². The van der Waals surface area contributed by atoms with E-state index >= 15 is 0 Å². The first-order chi connectivity index (χ1) is 11.0. The first-order valence-electron chi connectivity index (χ1n) is 8.70. The minimum Gasteiger partial charge on any atom is -0.387 e. The fourth-order valence-electron chi connectivity index (χ4n) is 3.89. The molecule has 1 atom stereocenters. The smallest absolute Gasteiger partial charge is 0.223 e. The van der Waals surface area contributed by atoms with E-state index in [0.29, 0.717) is 38.9 Å². The number of aliphatic hydroxyl groups is 1. The van der Waals surface area contributed by atoms with Crippen LogP contribution < -0.4 is 0 Å². The van der Waals surface area contributed by atoms with Crippen molar-refractivity contribution in [1.29, 1.82) is 0 Å². The van der Waals surface area contributed by atoms with Crippen LogP contribution in [0.1, 0.15) is 42.6 Å². The quantitative estimate of drug-likeness (QED) is 0.849. The number of hydrogen-bond donors (Lipinski definition) is 2. The maximum absolute atomic E-state index is 12.5. The van der Waals surface area contributed by atoms with E-state index in [1.807, 2.05) is 18.7 Å². The number of amides is 1. The van der Waals surface area contributed by atoms with E-state index in [2.05, 4.69) is 15.1 Å². The third-order valence-electron chi connectivity index (χ3n) is 5.27. The lowest BCUT2D eigenvalue weighted by atomic mass is 10.0. The Bertz CT molecular complexity index is 545. The van der Waals surface area contributed by atoms with Gasteiger partial charge in [-0.05, 0) is 58.2 Å². The molecule has 128 valence electrons. The molecule has 0 saturated carbocycles. The molecule has 0 spiro atoms. The molecule has 3 rings (SSSR count). The molecule has 2 aliphatic heterocycles. The second-order valence-electron chi connectivity index (χ2n) is 7.19. The van der Waals surface area contributed by atoms with Gasteiger partial charge in [-0.15, -0.1) is 0 Å². The Morgan fingerprint density at radius 1 is 1.30 bits per heavy atom. The molecule has 3 heterocycles. The standard InChI is InChI=1S/C17H28N4O2/c1-13-15(14(2)19-18-13)5-6-16(22)21-10-7-17(23,12-21)11-20-8-3-4-9-20/h23H,3-12H2,1-2H3,(H,18,19)/t17-/m1/s1. The van der Waals surface area contributed by atoms with Crippen molar-refractivity contribution in [1.82, 2.24) is 20.0 Å². The molecule has 0 aromatic carbocycles. The topological polar surface area (TPSA) is 72.5 Å². The molecule has 1 aromatic rings. The fraction of sp³-hybridized carbons (Fsp3) is 0.765. The number of aromatic amines is 1. The van der Waals surface area contributed by atoms with Crippen molar-refractivity contribution in [2.45, 2.75) is 51.6 Å². The van der Waals surface area contributed by atoms with E-state index in [0.717, 1.165) is 30.0 Å². The fourth-order valence-corrected chi connectivity index (χ4v) is 3.89. The van der Waals surface area contributed by atoms with E-state index in [4.69, 9.17) is 0 Å². The van der Waals surface area contributed by atoms with Crippen LogP contribution in [0.3, 0.4) is 0 Å². The van der Waals surface area contributed by atoms with Gasteiger partial charge in [0.1, 0.15) is 0 Å². The summed E-state index contributed by atoms with van der Waals surface area (Å²) in [5, 5.41) is 17.9. The molecule has 2 aliphatic rings. The maximum Gasteiger partial charge on any atom is 0.223 e. The first kappa shape index (κ1) is 16.5. The van der Waals surface area contributed by atoms with Crippen LogP contribution in [-0.4, -0.2) is 69.3 Å².